The first-order chi connectivity index (χ1) is 15.6. The lowest BCUT2D eigenvalue weighted by atomic mass is 10.2. The second-order valence-electron chi connectivity index (χ2n) is 6.92. The molecule has 33 heavy (non-hydrogen) atoms. The fraction of sp³-hybridized carbons (Fsp3) is 0.429. The van der Waals surface area contributed by atoms with Gasteiger partial charge < -0.3 is 14.6 Å². The minimum absolute atomic E-state index is 0.0457. The highest BCUT2D eigenvalue weighted by Crippen LogP contribution is 2.47. The number of phosphoric ester groups is 1. The number of hydrogen-bond donors (Lipinski definition) is 1. The smallest absolute Gasteiger partial charge is 0.474 e. The molecule has 0 saturated heterocycles. The Kier molecular flexibility index (Phi) is 10.5. The molecule has 2 aromatic carbocycles. The molecule has 0 unspecified atom stereocenters. The first-order valence-electron chi connectivity index (χ1n) is 9.87. The first kappa shape index (κ1) is 27.4. The van der Waals surface area contributed by atoms with Crippen LogP contribution < -0.4 is 4.74 Å². The topological polar surface area (TPSA) is 127 Å². The summed E-state index contributed by atoms with van der Waals surface area (Å²) in [6.07, 6.45) is -2.55. The summed E-state index contributed by atoms with van der Waals surface area (Å²) >= 11 is 0. The van der Waals surface area contributed by atoms with E-state index in [9.17, 15) is 18.1 Å². The predicted octanol–water partition coefficient (Wildman–Crippen LogP) is 3.07. The van der Waals surface area contributed by atoms with E-state index < -0.39 is 43.4 Å². The molecule has 2 atom stereocenters. The summed E-state index contributed by atoms with van der Waals surface area (Å²) in [6.45, 7) is 0.843. The third-order valence-corrected chi connectivity index (χ3v) is 7.26. The van der Waals surface area contributed by atoms with Crippen molar-refractivity contribution in [3.8, 4) is 5.75 Å². The van der Waals surface area contributed by atoms with Gasteiger partial charge in [0.1, 0.15) is 18.0 Å². The van der Waals surface area contributed by atoms with Crippen LogP contribution in [0.2, 0.25) is 0 Å². The summed E-state index contributed by atoms with van der Waals surface area (Å²) in [5, 5.41) is 10.6. The highest BCUT2D eigenvalue weighted by molar-refractivity contribution is 7.86. The van der Waals surface area contributed by atoms with Crippen LogP contribution in [0, 0.1) is 6.92 Å². The average molecular weight is 504 g/mol. The third-order valence-electron chi connectivity index (χ3n) is 4.60. The van der Waals surface area contributed by atoms with E-state index in [0.717, 1.165) is 25.3 Å². The van der Waals surface area contributed by atoms with Crippen LogP contribution in [-0.4, -0.2) is 60.3 Å². The van der Waals surface area contributed by atoms with Crippen molar-refractivity contribution in [3.63, 3.8) is 0 Å². The zero-order valence-corrected chi connectivity index (χ0v) is 20.6. The average Bonchev–Trinajstić information content (AvgIpc) is 2.83. The number of phosphoric acid groups is 1. The van der Waals surface area contributed by atoms with Gasteiger partial charge in [0, 0.05) is 14.2 Å². The Morgan fingerprint density at radius 1 is 0.939 bits per heavy atom. The van der Waals surface area contributed by atoms with Crippen LogP contribution in [0.3, 0.4) is 0 Å². The summed E-state index contributed by atoms with van der Waals surface area (Å²) in [7, 11) is -4.13. The van der Waals surface area contributed by atoms with Crippen molar-refractivity contribution in [2.24, 2.45) is 0 Å². The fourth-order valence-electron chi connectivity index (χ4n) is 2.58. The Bertz CT molecular complexity index is 1000. The van der Waals surface area contributed by atoms with E-state index in [2.05, 4.69) is 0 Å². The van der Waals surface area contributed by atoms with Gasteiger partial charge in [-0.3, -0.25) is 17.8 Å². The lowest BCUT2D eigenvalue weighted by Crippen LogP contribution is -2.37. The maximum atomic E-state index is 12.4. The van der Waals surface area contributed by atoms with Crippen LogP contribution in [0.15, 0.2) is 53.4 Å². The summed E-state index contributed by atoms with van der Waals surface area (Å²) in [4.78, 5) is -0.0458. The minimum atomic E-state index is -4.11. The van der Waals surface area contributed by atoms with Crippen molar-refractivity contribution >= 4 is 17.9 Å². The monoisotopic (exact) mass is 504 g/mol. The van der Waals surface area contributed by atoms with Crippen LogP contribution in [0.25, 0.3) is 0 Å². The van der Waals surface area contributed by atoms with Crippen molar-refractivity contribution in [2.75, 3.05) is 34.5 Å². The number of aryl methyl sites for hydroxylation is 1. The largest absolute Gasteiger partial charge is 0.497 e. The first-order valence-corrected chi connectivity index (χ1v) is 12.7. The zero-order chi connectivity index (χ0) is 24.5. The van der Waals surface area contributed by atoms with Gasteiger partial charge in [-0.2, -0.15) is 8.42 Å². The lowest BCUT2D eigenvalue weighted by Gasteiger charge is -2.24. The Labute approximate surface area is 194 Å². The number of benzene rings is 2. The Hall–Kier alpha value is -1.82. The normalized spacial score (nSPS) is 14.1. The maximum absolute atomic E-state index is 12.4. The van der Waals surface area contributed by atoms with Crippen molar-refractivity contribution in [3.05, 3.63) is 59.7 Å². The summed E-state index contributed by atoms with van der Waals surface area (Å²) in [5.74, 6) is 0.662. The number of hydrogen-bond acceptors (Lipinski definition) is 10. The lowest BCUT2D eigenvalue weighted by molar-refractivity contribution is -0.0819. The molecular formula is C21H29O10PS. The highest BCUT2D eigenvalue weighted by Gasteiger charge is 2.30. The van der Waals surface area contributed by atoms with Gasteiger partial charge in [-0.05, 0) is 36.8 Å². The van der Waals surface area contributed by atoms with Crippen LogP contribution in [0.4, 0.5) is 0 Å². The fourth-order valence-corrected chi connectivity index (χ4v) is 4.19. The number of methoxy groups -OCH3 is 1. The molecule has 2 aromatic rings. The SMILES string of the molecule is COc1ccc(CO[C@@H](COP(=O)(OC)OC)[C@@H](O)COS(=O)(=O)c2ccc(C)cc2)cc1. The number of aliphatic hydroxyl groups excluding tert-OH is 1. The van der Waals surface area contributed by atoms with E-state index in [-0.39, 0.29) is 11.5 Å². The summed E-state index contributed by atoms with van der Waals surface area (Å²) in [5.41, 5.74) is 1.64. The molecule has 0 aromatic heterocycles. The van der Waals surface area contributed by atoms with Crippen molar-refractivity contribution in [2.45, 2.75) is 30.6 Å². The van der Waals surface area contributed by atoms with Gasteiger partial charge in [0.25, 0.3) is 10.1 Å². The van der Waals surface area contributed by atoms with E-state index in [4.69, 9.17) is 27.2 Å². The van der Waals surface area contributed by atoms with Crippen LogP contribution in [0.1, 0.15) is 11.1 Å². The van der Waals surface area contributed by atoms with E-state index in [1.807, 2.05) is 6.92 Å². The number of rotatable bonds is 14. The van der Waals surface area contributed by atoms with Crippen molar-refractivity contribution in [1.82, 2.24) is 0 Å². The molecule has 2 rings (SSSR count). The highest BCUT2D eigenvalue weighted by atomic mass is 32.2. The number of aliphatic hydroxyl groups is 1. The van der Waals surface area contributed by atoms with Gasteiger partial charge >= 0.3 is 7.82 Å². The van der Waals surface area contributed by atoms with E-state index in [1.165, 1.54) is 12.1 Å². The molecule has 0 radical (unpaired) electrons. The zero-order valence-electron chi connectivity index (χ0n) is 18.9. The third kappa shape index (κ3) is 8.47. The van der Waals surface area contributed by atoms with Gasteiger partial charge in [0.2, 0.25) is 0 Å². The van der Waals surface area contributed by atoms with Gasteiger partial charge in [0.15, 0.2) is 0 Å². The molecule has 1 N–H and O–H groups in total. The van der Waals surface area contributed by atoms with Crippen LogP contribution in [-0.2, 0) is 43.8 Å². The molecule has 0 aliphatic rings. The molecule has 0 amide bonds. The van der Waals surface area contributed by atoms with Crippen LogP contribution >= 0.6 is 7.82 Å². The molecule has 184 valence electrons. The summed E-state index contributed by atoms with van der Waals surface area (Å²) < 4.78 is 67.5. The molecule has 0 aliphatic heterocycles. The molecule has 0 aliphatic carbocycles. The number of ether oxygens (including phenoxy) is 2. The van der Waals surface area contributed by atoms with Gasteiger partial charge in [-0.25, -0.2) is 4.57 Å². The van der Waals surface area contributed by atoms with E-state index in [1.54, 1.807) is 43.5 Å². The molecule has 0 bridgehead atoms. The Morgan fingerprint density at radius 2 is 1.55 bits per heavy atom. The molecule has 0 spiro atoms. The van der Waals surface area contributed by atoms with Crippen molar-refractivity contribution in [1.29, 1.82) is 0 Å². The molecule has 0 fully saturated rings. The predicted molar refractivity (Wildman–Crippen MR) is 119 cm³/mol. The second kappa shape index (κ2) is 12.6. The van der Waals surface area contributed by atoms with Crippen LogP contribution in [0.5, 0.6) is 5.75 Å². The quantitative estimate of drug-likeness (QED) is 0.303. The van der Waals surface area contributed by atoms with Crippen molar-refractivity contribution < 1.29 is 45.3 Å². The Balaban J connectivity index is 2.07. The molecule has 12 heteroatoms. The van der Waals surface area contributed by atoms with E-state index >= 15 is 0 Å². The maximum Gasteiger partial charge on any atom is 0.474 e. The molecule has 0 heterocycles. The second-order valence-corrected chi connectivity index (χ2v) is 10.4. The molecule has 0 saturated carbocycles. The molecular weight excluding hydrogens is 475 g/mol. The van der Waals surface area contributed by atoms with Gasteiger partial charge in [0.05, 0.1) is 31.8 Å². The Morgan fingerprint density at radius 3 is 2.09 bits per heavy atom. The van der Waals surface area contributed by atoms with E-state index in [0.29, 0.717) is 5.75 Å². The van der Waals surface area contributed by atoms with Gasteiger partial charge in [-0.15, -0.1) is 0 Å². The molecule has 10 nitrogen and oxygen atoms in total. The summed E-state index contributed by atoms with van der Waals surface area (Å²) in [6, 6.07) is 13.1. The standard InChI is InChI=1S/C21H29O10PS/c1-16-5-11-19(12-6-16)33(24,25)31-14-20(22)21(15-30-32(23,27-3)28-4)29-13-17-7-9-18(26-2)10-8-17/h5-12,20-22H,13-15H2,1-4H3/t20-,21-/m0/s1. The minimum Gasteiger partial charge on any atom is -0.497 e. The van der Waals surface area contributed by atoms with Gasteiger partial charge in [-0.1, -0.05) is 29.8 Å².